The van der Waals surface area contributed by atoms with E-state index in [1.54, 1.807) is 18.9 Å². The molecule has 0 saturated heterocycles. The average molecular weight is 232 g/mol. The van der Waals surface area contributed by atoms with Gasteiger partial charge >= 0.3 is 0 Å². The van der Waals surface area contributed by atoms with Gasteiger partial charge in [0.1, 0.15) is 5.75 Å². The van der Waals surface area contributed by atoms with Gasteiger partial charge in [0.15, 0.2) is 5.17 Å². The number of ether oxygens (including phenoxy) is 1. The zero-order valence-electron chi connectivity index (χ0n) is 8.96. The Morgan fingerprint density at radius 2 is 2.44 bits per heavy atom. The molecule has 0 N–H and O–H groups in total. The summed E-state index contributed by atoms with van der Waals surface area (Å²) >= 11 is 1.69. The van der Waals surface area contributed by atoms with Crippen molar-refractivity contribution >= 4 is 16.9 Å². The number of aliphatic imine (C=N–C) groups is 1. The molecule has 1 atom stereocenters. The monoisotopic (exact) mass is 232 g/mol. The largest absolute Gasteiger partial charge is 0.497 e. The smallest absolute Gasteiger partial charge is 0.168 e. The molecule has 1 unspecified atom stereocenters. The molecule has 0 aromatic heterocycles. The molecule has 0 bridgehead atoms. The molecule has 0 fully saturated rings. The van der Waals surface area contributed by atoms with E-state index in [1.807, 2.05) is 12.1 Å². The van der Waals surface area contributed by atoms with Crippen molar-refractivity contribution < 1.29 is 4.74 Å². The van der Waals surface area contributed by atoms with Crippen molar-refractivity contribution in [2.24, 2.45) is 4.99 Å². The Morgan fingerprint density at radius 1 is 1.50 bits per heavy atom. The normalized spacial score (nSPS) is 22.2. The van der Waals surface area contributed by atoms with E-state index in [-0.39, 0.29) is 6.04 Å². The zero-order chi connectivity index (χ0) is 11.0. The van der Waals surface area contributed by atoms with Gasteiger partial charge in [0.05, 0.1) is 19.7 Å². The van der Waals surface area contributed by atoms with Gasteiger partial charge in [-0.1, -0.05) is 23.9 Å². The molecule has 82 valence electrons. The molecule has 0 aliphatic carbocycles. The summed E-state index contributed by atoms with van der Waals surface area (Å²) in [4.78, 5) is 6.87. The van der Waals surface area contributed by atoms with Crippen LogP contribution in [0.1, 0.15) is 11.6 Å². The predicted molar refractivity (Wildman–Crippen MR) is 66.6 cm³/mol. The van der Waals surface area contributed by atoms with Crippen LogP contribution in [0.3, 0.4) is 0 Å². The lowest BCUT2D eigenvalue weighted by Crippen LogP contribution is -2.16. The maximum absolute atomic E-state index is 5.23. The molecule has 3 rings (SSSR count). The Hall–Kier alpha value is -1.42. The summed E-state index contributed by atoms with van der Waals surface area (Å²) in [6.07, 6.45) is 2.09. The van der Waals surface area contributed by atoms with E-state index in [9.17, 15) is 0 Å². The molecule has 1 aromatic carbocycles. The van der Waals surface area contributed by atoms with Gasteiger partial charge in [-0.2, -0.15) is 0 Å². The van der Waals surface area contributed by atoms with Gasteiger partial charge in [0.25, 0.3) is 0 Å². The van der Waals surface area contributed by atoms with E-state index in [4.69, 9.17) is 4.74 Å². The molecular formula is C12H12N2OS. The van der Waals surface area contributed by atoms with Crippen LogP contribution in [0.15, 0.2) is 40.9 Å². The van der Waals surface area contributed by atoms with Crippen LogP contribution < -0.4 is 4.74 Å². The summed E-state index contributed by atoms with van der Waals surface area (Å²) in [5, 5.41) is 3.17. The third-order valence-electron chi connectivity index (χ3n) is 2.77. The van der Waals surface area contributed by atoms with Crippen molar-refractivity contribution in [3.8, 4) is 5.75 Å². The summed E-state index contributed by atoms with van der Waals surface area (Å²) in [5.41, 5.74) is 1.22. The van der Waals surface area contributed by atoms with Gasteiger partial charge in [-0.25, -0.2) is 0 Å². The summed E-state index contributed by atoms with van der Waals surface area (Å²) in [7, 11) is 1.69. The number of amidine groups is 1. The Bertz CT molecular complexity index is 470. The molecule has 0 spiro atoms. The predicted octanol–water partition coefficient (Wildman–Crippen LogP) is 2.63. The molecule has 0 amide bonds. The highest BCUT2D eigenvalue weighted by molar-refractivity contribution is 8.16. The van der Waals surface area contributed by atoms with E-state index in [0.717, 1.165) is 17.5 Å². The first-order valence-corrected chi connectivity index (χ1v) is 6.06. The summed E-state index contributed by atoms with van der Waals surface area (Å²) in [6, 6.07) is 8.38. The third-order valence-corrected chi connectivity index (χ3v) is 3.58. The lowest BCUT2D eigenvalue weighted by atomic mass is 10.1. The maximum Gasteiger partial charge on any atom is 0.168 e. The maximum atomic E-state index is 5.23. The summed E-state index contributed by atoms with van der Waals surface area (Å²) in [5.74, 6) is 0.896. The van der Waals surface area contributed by atoms with Crippen LogP contribution in [0.2, 0.25) is 0 Å². The number of hydrogen-bond donors (Lipinski definition) is 0. The van der Waals surface area contributed by atoms with Gasteiger partial charge in [-0.3, -0.25) is 4.99 Å². The topological polar surface area (TPSA) is 24.8 Å². The SMILES string of the molecule is COc1cccc(C2CN3C=CSC3=N2)c1. The minimum Gasteiger partial charge on any atom is -0.497 e. The second-order valence-electron chi connectivity index (χ2n) is 3.76. The molecule has 2 heterocycles. The third kappa shape index (κ3) is 1.59. The highest BCUT2D eigenvalue weighted by atomic mass is 32.2. The number of nitrogens with zero attached hydrogens (tertiary/aromatic N) is 2. The molecule has 1 aromatic rings. The van der Waals surface area contributed by atoms with Crippen LogP contribution in [0, 0.1) is 0 Å². The molecule has 16 heavy (non-hydrogen) atoms. The Balaban J connectivity index is 1.86. The number of thioether (sulfide) groups is 1. The number of fused-ring (bicyclic) bond motifs is 1. The standard InChI is InChI=1S/C12H12N2OS/c1-15-10-4-2-3-9(7-10)11-8-14-5-6-16-12(14)13-11/h2-7,11H,8H2,1H3. The fraction of sp³-hybridized carbons (Fsp3) is 0.250. The van der Waals surface area contributed by atoms with Crippen molar-refractivity contribution in [3.05, 3.63) is 41.4 Å². The Labute approximate surface area is 98.8 Å². The highest BCUT2D eigenvalue weighted by Crippen LogP contribution is 2.33. The van der Waals surface area contributed by atoms with E-state index in [2.05, 4.69) is 33.6 Å². The van der Waals surface area contributed by atoms with Gasteiger partial charge in [0, 0.05) is 6.20 Å². The van der Waals surface area contributed by atoms with Gasteiger partial charge in [0.2, 0.25) is 0 Å². The fourth-order valence-electron chi connectivity index (χ4n) is 1.93. The number of rotatable bonds is 2. The van der Waals surface area contributed by atoms with Gasteiger partial charge in [-0.15, -0.1) is 0 Å². The minimum absolute atomic E-state index is 0.238. The molecule has 3 nitrogen and oxygen atoms in total. The van der Waals surface area contributed by atoms with Gasteiger partial charge in [-0.05, 0) is 23.1 Å². The number of hydrogen-bond acceptors (Lipinski definition) is 4. The first-order valence-electron chi connectivity index (χ1n) is 5.18. The lowest BCUT2D eigenvalue weighted by molar-refractivity contribution is 0.413. The molecule has 0 radical (unpaired) electrons. The van der Waals surface area contributed by atoms with E-state index < -0.39 is 0 Å². The summed E-state index contributed by atoms with van der Waals surface area (Å²) in [6.45, 7) is 0.937. The van der Waals surface area contributed by atoms with Crippen LogP contribution in [0.4, 0.5) is 0 Å². The van der Waals surface area contributed by atoms with Crippen LogP contribution in [0.5, 0.6) is 5.75 Å². The lowest BCUT2D eigenvalue weighted by Gasteiger charge is -2.11. The molecule has 4 heteroatoms. The fourth-order valence-corrected chi connectivity index (χ4v) is 2.72. The van der Waals surface area contributed by atoms with Crippen LogP contribution >= 0.6 is 11.8 Å². The van der Waals surface area contributed by atoms with Crippen molar-refractivity contribution in [3.63, 3.8) is 0 Å². The highest BCUT2D eigenvalue weighted by Gasteiger charge is 2.27. The van der Waals surface area contributed by atoms with Crippen molar-refractivity contribution in [2.45, 2.75) is 6.04 Å². The zero-order valence-corrected chi connectivity index (χ0v) is 9.78. The summed E-state index contributed by atoms with van der Waals surface area (Å²) < 4.78 is 5.23. The van der Waals surface area contributed by atoms with Crippen LogP contribution in [-0.4, -0.2) is 23.7 Å². The first kappa shape index (κ1) is 9.78. The van der Waals surface area contributed by atoms with Crippen molar-refractivity contribution in [1.82, 2.24) is 4.90 Å². The average Bonchev–Trinajstić information content (AvgIpc) is 2.89. The van der Waals surface area contributed by atoms with Crippen LogP contribution in [-0.2, 0) is 0 Å². The first-order chi connectivity index (χ1) is 7.86. The Kier molecular flexibility index (Phi) is 2.36. The van der Waals surface area contributed by atoms with E-state index in [1.165, 1.54) is 5.56 Å². The minimum atomic E-state index is 0.238. The van der Waals surface area contributed by atoms with E-state index in [0.29, 0.717) is 0 Å². The quantitative estimate of drug-likeness (QED) is 0.783. The number of benzene rings is 1. The number of methoxy groups -OCH3 is 1. The van der Waals surface area contributed by atoms with E-state index >= 15 is 0 Å². The molecule has 0 saturated carbocycles. The second-order valence-corrected chi connectivity index (χ2v) is 4.63. The Morgan fingerprint density at radius 3 is 3.25 bits per heavy atom. The molecule has 2 aliphatic heterocycles. The molecule has 2 aliphatic rings. The van der Waals surface area contributed by atoms with Crippen molar-refractivity contribution in [1.29, 1.82) is 0 Å². The van der Waals surface area contributed by atoms with Crippen molar-refractivity contribution in [2.75, 3.05) is 13.7 Å². The second kappa shape index (κ2) is 3.87. The van der Waals surface area contributed by atoms with Gasteiger partial charge < -0.3 is 9.64 Å². The molecular weight excluding hydrogens is 220 g/mol. The van der Waals surface area contributed by atoms with Crippen LogP contribution in [0.25, 0.3) is 0 Å².